The molecule has 0 amide bonds. The van der Waals surface area contributed by atoms with Crippen molar-refractivity contribution in [3.8, 4) is 0 Å². The van der Waals surface area contributed by atoms with E-state index in [2.05, 4.69) is 29.2 Å². The molecule has 0 aromatic heterocycles. The lowest BCUT2D eigenvalue weighted by molar-refractivity contribution is 0.0149. The molecule has 3 rings (SSSR count). The van der Waals surface area contributed by atoms with E-state index in [9.17, 15) is 0 Å². The molecule has 0 saturated carbocycles. The average Bonchev–Trinajstić information content (AvgIpc) is 2.78. The Morgan fingerprint density at radius 3 is 2.44 bits per heavy atom. The summed E-state index contributed by atoms with van der Waals surface area (Å²) in [5.74, 6) is 0.898. The summed E-state index contributed by atoms with van der Waals surface area (Å²) in [6.45, 7) is 3.89. The lowest BCUT2D eigenvalue weighted by Crippen LogP contribution is -2.55. The molecule has 3 unspecified atom stereocenters. The lowest BCUT2D eigenvalue weighted by atomic mass is 9.82. The molecule has 3 fully saturated rings. The van der Waals surface area contributed by atoms with Crippen molar-refractivity contribution in [1.82, 2.24) is 15.1 Å². The Hall–Kier alpha value is -0.120. The molecule has 18 heavy (non-hydrogen) atoms. The number of hydrogen-bond acceptors (Lipinski definition) is 3. The van der Waals surface area contributed by atoms with E-state index in [1.807, 2.05) is 0 Å². The molecule has 3 nitrogen and oxygen atoms in total. The highest BCUT2D eigenvalue weighted by atomic mass is 15.2. The van der Waals surface area contributed by atoms with Gasteiger partial charge in [0.1, 0.15) is 0 Å². The van der Waals surface area contributed by atoms with Gasteiger partial charge in [-0.2, -0.15) is 0 Å². The van der Waals surface area contributed by atoms with Crippen LogP contribution in [0, 0.1) is 5.92 Å². The number of fused-ring (bicyclic) bond motifs is 2. The Balaban J connectivity index is 1.58. The summed E-state index contributed by atoms with van der Waals surface area (Å²) in [6.07, 6.45) is 8.62. The molecule has 0 radical (unpaired) electrons. The van der Waals surface area contributed by atoms with Crippen LogP contribution in [0.3, 0.4) is 0 Å². The first-order chi connectivity index (χ1) is 8.78. The zero-order chi connectivity index (χ0) is 12.5. The van der Waals surface area contributed by atoms with Crippen molar-refractivity contribution in [2.75, 3.05) is 33.7 Å². The second-order valence-electron chi connectivity index (χ2n) is 6.74. The van der Waals surface area contributed by atoms with Crippen LogP contribution in [-0.4, -0.2) is 61.7 Å². The van der Waals surface area contributed by atoms with Gasteiger partial charge in [0.2, 0.25) is 0 Å². The van der Waals surface area contributed by atoms with Crippen LogP contribution in [0.2, 0.25) is 0 Å². The van der Waals surface area contributed by atoms with Crippen LogP contribution in [0.4, 0.5) is 0 Å². The molecule has 0 aliphatic carbocycles. The third-order valence-electron chi connectivity index (χ3n) is 5.64. The van der Waals surface area contributed by atoms with Gasteiger partial charge in [-0.3, -0.25) is 4.90 Å². The molecular weight excluding hydrogens is 222 g/mol. The Morgan fingerprint density at radius 2 is 1.78 bits per heavy atom. The molecule has 3 aliphatic rings. The fourth-order valence-corrected chi connectivity index (χ4v) is 4.53. The number of piperidine rings is 2. The van der Waals surface area contributed by atoms with E-state index in [0.29, 0.717) is 0 Å². The smallest absolute Gasteiger partial charge is 0.0125 e. The van der Waals surface area contributed by atoms with Crippen LogP contribution in [-0.2, 0) is 0 Å². The first-order valence-corrected chi connectivity index (χ1v) is 7.88. The minimum Gasteiger partial charge on any atom is -0.319 e. The Kier molecular flexibility index (Phi) is 3.92. The van der Waals surface area contributed by atoms with E-state index in [-0.39, 0.29) is 0 Å². The predicted octanol–water partition coefficient (Wildman–Crippen LogP) is 1.54. The third kappa shape index (κ3) is 2.45. The van der Waals surface area contributed by atoms with Crippen molar-refractivity contribution in [3.63, 3.8) is 0 Å². The van der Waals surface area contributed by atoms with E-state index in [1.54, 1.807) is 0 Å². The summed E-state index contributed by atoms with van der Waals surface area (Å²) >= 11 is 0. The maximum Gasteiger partial charge on any atom is 0.0125 e. The van der Waals surface area contributed by atoms with Gasteiger partial charge in [0.05, 0.1) is 0 Å². The number of nitrogens with one attached hydrogen (secondary N) is 1. The second-order valence-corrected chi connectivity index (χ2v) is 6.74. The van der Waals surface area contributed by atoms with Crippen LogP contribution in [0.5, 0.6) is 0 Å². The van der Waals surface area contributed by atoms with Crippen molar-refractivity contribution in [1.29, 1.82) is 0 Å². The zero-order valence-electron chi connectivity index (χ0n) is 12.1. The molecule has 3 aliphatic heterocycles. The molecule has 2 bridgehead atoms. The summed E-state index contributed by atoms with van der Waals surface area (Å²) in [7, 11) is 4.45. The van der Waals surface area contributed by atoms with Crippen LogP contribution in [0.25, 0.3) is 0 Å². The highest BCUT2D eigenvalue weighted by Crippen LogP contribution is 2.36. The Morgan fingerprint density at radius 1 is 1.06 bits per heavy atom. The molecule has 1 N–H and O–H groups in total. The molecule has 3 heterocycles. The number of likely N-dealkylation sites (tertiary alicyclic amines) is 1. The summed E-state index contributed by atoms with van der Waals surface area (Å²) in [6, 6.07) is 2.65. The van der Waals surface area contributed by atoms with Crippen LogP contribution in [0.1, 0.15) is 38.5 Å². The summed E-state index contributed by atoms with van der Waals surface area (Å²) in [5, 5.41) is 3.35. The topological polar surface area (TPSA) is 18.5 Å². The van der Waals surface area contributed by atoms with E-state index in [0.717, 1.165) is 24.0 Å². The summed E-state index contributed by atoms with van der Waals surface area (Å²) < 4.78 is 0. The summed E-state index contributed by atoms with van der Waals surface area (Å²) in [4.78, 5) is 5.49. The van der Waals surface area contributed by atoms with Crippen molar-refractivity contribution < 1.29 is 0 Å². The van der Waals surface area contributed by atoms with Crippen molar-refractivity contribution in [2.45, 2.75) is 56.7 Å². The van der Waals surface area contributed by atoms with Crippen molar-refractivity contribution in [3.05, 3.63) is 0 Å². The molecule has 3 atom stereocenters. The zero-order valence-corrected chi connectivity index (χ0v) is 12.1. The van der Waals surface area contributed by atoms with Crippen molar-refractivity contribution >= 4 is 0 Å². The van der Waals surface area contributed by atoms with Gasteiger partial charge in [-0.15, -0.1) is 0 Å². The van der Waals surface area contributed by atoms with Gasteiger partial charge < -0.3 is 10.2 Å². The summed E-state index contributed by atoms with van der Waals surface area (Å²) in [5.41, 5.74) is 0. The standard InChI is InChI=1S/C15H29N3/c1-16-10-12-6-7-18(11-12)15-8-13-4-3-5-14(9-15)17(13)2/h12-16H,3-11H2,1-2H3. The molecule has 3 saturated heterocycles. The van der Waals surface area contributed by atoms with Gasteiger partial charge in [-0.25, -0.2) is 0 Å². The quantitative estimate of drug-likeness (QED) is 0.821. The average molecular weight is 251 g/mol. The molecule has 0 aromatic rings. The first-order valence-electron chi connectivity index (χ1n) is 7.88. The number of rotatable bonds is 3. The molecule has 0 aromatic carbocycles. The van der Waals surface area contributed by atoms with Gasteiger partial charge in [0.25, 0.3) is 0 Å². The highest BCUT2D eigenvalue weighted by molar-refractivity contribution is 4.96. The van der Waals surface area contributed by atoms with Crippen LogP contribution >= 0.6 is 0 Å². The van der Waals surface area contributed by atoms with Crippen LogP contribution in [0.15, 0.2) is 0 Å². The lowest BCUT2D eigenvalue weighted by Gasteiger charge is -2.49. The van der Waals surface area contributed by atoms with Gasteiger partial charge in [0.15, 0.2) is 0 Å². The fraction of sp³-hybridized carbons (Fsp3) is 1.00. The molecular formula is C15H29N3. The van der Waals surface area contributed by atoms with Crippen LogP contribution < -0.4 is 5.32 Å². The van der Waals surface area contributed by atoms with Gasteiger partial charge >= 0.3 is 0 Å². The van der Waals surface area contributed by atoms with E-state index >= 15 is 0 Å². The molecule has 104 valence electrons. The maximum atomic E-state index is 3.35. The molecule has 0 spiro atoms. The first kappa shape index (κ1) is 12.9. The minimum atomic E-state index is 0.880. The fourth-order valence-electron chi connectivity index (χ4n) is 4.53. The largest absolute Gasteiger partial charge is 0.319 e. The van der Waals surface area contributed by atoms with Gasteiger partial charge in [0, 0.05) is 24.7 Å². The maximum absolute atomic E-state index is 3.35. The number of hydrogen-bond donors (Lipinski definition) is 1. The highest BCUT2D eigenvalue weighted by Gasteiger charge is 2.39. The van der Waals surface area contributed by atoms with E-state index < -0.39 is 0 Å². The van der Waals surface area contributed by atoms with Crippen molar-refractivity contribution in [2.24, 2.45) is 5.92 Å². The number of nitrogens with zero attached hydrogens (tertiary/aromatic N) is 2. The van der Waals surface area contributed by atoms with E-state index in [1.165, 1.54) is 58.2 Å². The van der Waals surface area contributed by atoms with Gasteiger partial charge in [-0.1, -0.05) is 6.42 Å². The van der Waals surface area contributed by atoms with Gasteiger partial charge in [-0.05, 0) is 65.2 Å². The normalized spacial score (nSPS) is 42.3. The monoisotopic (exact) mass is 251 g/mol. The molecule has 3 heteroatoms. The Labute approximate surface area is 112 Å². The minimum absolute atomic E-state index is 0.880. The SMILES string of the molecule is CNCC1CCN(C2CC3CCCC(C2)N3C)C1. The second kappa shape index (κ2) is 5.48. The predicted molar refractivity (Wildman–Crippen MR) is 75.8 cm³/mol. The van der Waals surface area contributed by atoms with E-state index in [4.69, 9.17) is 0 Å². The third-order valence-corrected chi connectivity index (χ3v) is 5.64. The Bertz CT molecular complexity index is 267.